The van der Waals surface area contributed by atoms with E-state index >= 15 is 0 Å². The van der Waals surface area contributed by atoms with Gasteiger partial charge in [0.1, 0.15) is 0 Å². The molecule has 1 aliphatic heterocycles. The summed E-state index contributed by atoms with van der Waals surface area (Å²) in [5.74, 6) is 1.24. The van der Waals surface area contributed by atoms with Crippen LogP contribution in [0.1, 0.15) is 25.7 Å². The number of halogens is 1. The first-order valence-corrected chi connectivity index (χ1v) is 6.85. The van der Waals surface area contributed by atoms with Gasteiger partial charge < -0.3 is 5.32 Å². The third-order valence-electron chi connectivity index (χ3n) is 2.89. The van der Waals surface area contributed by atoms with Crippen LogP contribution < -0.4 is 5.32 Å². The minimum atomic E-state index is 0. The Morgan fingerprint density at radius 3 is 2.69 bits per heavy atom. The lowest BCUT2D eigenvalue weighted by Gasteiger charge is -2.23. The lowest BCUT2D eigenvalue weighted by atomic mass is 10.0. The maximum Gasteiger partial charge on any atom is 0.00750 e. The van der Waals surface area contributed by atoms with Crippen molar-refractivity contribution in [2.75, 3.05) is 12.3 Å². The van der Waals surface area contributed by atoms with Crippen LogP contribution in [0.4, 0.5) is 0 Å². The summed E-state index contributed by atoms with van der Waals surface area (Å²) in [6.07, 6.45) is 5.45. The zero-order valence-electron chi connectivity index (χ0n) is 9.52. The Morgan fingerprint density at radius 2 is 2.00 bits per heavy atom. The summed E-state index contributed by atoms with van der Waals surface area (Å²) in [7, 11) is 0. The van der Waals surface area contributed by atoms with E-state index in [-0.39, 0.29) is 12.4 Å². The van der Waals surface area contributed by atoms with Gasteiger partial charge in [-0.25, -0.2) is 0 Å². The highest BCUT2D eigenvalue weighted by atomic mass is 35.5. The van der Waals surface area contributed by atoms with Crippen LogP contribution in [0.5, 0.6) is 0 Å². The molecule has 1 saturated heterocycles. The van der Waals surface area contributed by atoms with Crippen LogP contribution in [0.2, 0.25) is 0 Å². The van der Waals surface area contributed by atoms with Gasteiger partial charge in [-0.1, -0.05) is 24.6 Å². The van der Waals surface area contributed by atoms with Crippen molar-refractivity contribution in [3.8, 4) is 0 Å². The highest BCUT2D eigenvalue weighted by molar-refractivity contribution is 7.99. The van der Waals surface area contributed by atoms with E-state index in [0.29, 0.717) is 0 Å². The van der Waals surface area contributed by atoms with Crippen molar-refractivity contribution in [1.82, 2.24) is 5.32 Å². The molecule has 0 saturated carbocycles. The predicted molar refractivity (Wildman–Crippen MR) is 74.7 cm³/mol. The summed E-state index contributed by atoms with van der Waals surface area (Å²) in [6, 6.07) is 11.5. The second kappa shape index (κ2) is 7.99. The van der Waals surface area contributed by atoms with Gasteiger partial charge in [0.15, 0.2) is 0 Å². The maximum atomic E-state index is 3.59. The van der Waals surface area contributed by atoms with Crippen LogP contribution in [0.25, 0.3) is 0 Å². The predicted octanol–water partition coefficient (Wildman–Crippen LogP) is 3.73. The summed E-state index contributed by atoms with van der Waals surface area (Å²) < 4.78 is 0. The lowest BCUT2D eigenvalue weighted by Crippen LogP contribution is -2.34. The second-order valence-electron chi connectivity index (χ2n) is 4.10. The first-order chi connectivity index (χ1) is 7.45. The molecule has 0 radical (unpaired) electrons. The lowest BCUT2D eigenvalue weighted by molar-refractivity contribution is 0.395. The van der Waals surface area contributed by atoms with Crippen LogP contribution >= 0.6 is 24.2 Å². The van der Waals surface area contributed by atoms with Crippen molar-refractivity contribution < 1.29 is 0 Å². The summed E-state index contributed by atoms with van der Waals surface area (Å²) >= 11 is 1.97. The first kappa shape index (κ1) is 13.9. The molecule has 16 heavy (non-hydrogen) atoms. The molecule has 90 valence electrons. The third-order valence-corrected chi connectivity index (χ3v) is 3.94. The number of hydrogen-bond acceptors (Lipinski definition) is 2. The fraction of sp³-hybridized carbons (Fsp3) is 0.538. The number of hydrogen-bond donors (Lipinski definition) is 1. The van der Waals surface area contributed by atoms with Crippen molar-refractivity contribution in [3.63, 3.8) is 0 Å². The Balaban J connectivity index is 0.00000128. The number of benzene rings is 1. The minimum Gasteiger partial charge on any atom is -0.314 e. The molecule has 1 nitrogen and oxygen atoms in total. The van der Waals surface area contributed by atoms with E-state index in [1.54, 1.807) is 0 Å². The Morgan fingerprint density at radius 1 is 1.19 bits per heavy atom. The average molecular weight is 258 g/mol. The zero-order chi connectivity index (χ0) is 10.3. The zero-order valence-corrected chi connectivity index (χ0v) is 11.2. The average Bonchev–Trinajstić information content (AvgIpc) is 2.32. The normalized spacial score (nSPS) is 20.1. The van der Waals surface area contributed by atoms with E-state index in [9.17, 15) is 0 Å². The highest BCUT2D eigenvalue weighted by Gasteiger charge is 2.11. The molecule has 3 heteroatoms. The standard InChI is InChI=1S/C13H19NS.ClH/c1-2-7-13(8-3-1)15-11-9-12-6-4-5-10-14-12;/h1-3,7-8,12,14H,4-6,9-11H2;1H. The molecule has 0 aromatic heterocycles. The monoisotopic (exact) mass is 257 g/mol. The molecule has 0 bridgehead atoms. The van der Waals surface area contributed by atoms with Gasteiger partial charge in [-0.05, 0) is 43.7 Å². The first-order valence-electron chi connectivity index (χ1n) is 5.86. The van der Waals surface area contributed by atoms with Crippen LogP contribution in [0, 0.1) is 0 Å². The van der Waals surface area contributed by atoms with E-state index in [1.165, 1.54) is 42.9 Å². The molecule has 1 unspecified atom stereocenters. The summed E-state index contributed by atoms with van der Waals surface area (Å²) in [5, 5.41) is 3.59. The molecule has 0 spiro atoms. The molecule has 1 N–H and O–H groups in total. The fourth-order valence-corrected chi connectivity index (χ4v) is 2.99. The summed E-state index contributed by atoms with van der Waals surface area (Å²) in [4.78, 5) is 1.40. The van der Waals surface area contributed by atoms with E-state index in [2.05, 4.69) is 35.6 Å². The van der Waals surface area contributed by atoms with Crippen molar-refractivity contribution >= 4 is 24.2 Å². The molecule has 0 aliphatic carbocycles. The van der Waals surface area contributed by atoms with Crippen molar-refractivity contribution in [3.05, 3.63) is 30.3 Å². The maximum absolute atomic E-state index is 3.59. The molecule has 1 fully saturated rings. The SMILES string of the molecule is Cl.c1ccc(SCCC2CCCCN2)cc1. The number of thioether (sulfide) groups is 1. The van der Waals surface area contributed by atoms with Crippen LogP contribution in [-0.4, -0.2) is 18.3 Å². The summed E-state index contributed by atoms with van der Waals surface area (Å²) in [5.41, 5.74) is 0. The van der Waals surface area contributed by atoms with Crippen LogP contribution in [0.3, 0.4) is 0 Å². The van der Waals surface area contributed by atoms with Gasteiger partial charge in [-0.3, -0.25) is 0 Å². The van der Waals surface area contributed by atoms with Gasteiger partial charge in [-0.2, -0.15) is 0 Å². The molecular formula is C13H20ClNS. The molecule has 1 aliphatic rings. The highest BCUT2D eigenvalue weighted by Crippen LogP contribution is 2.20. The van der Waals surface area contributed by atoms with Gasteiger partial charge in [0.05, 0.1) is 0 Å². The Kier molecular flexibility index (Phi) is 6.93. The number of rotatable bonds is 4. The smallest absolute Gasteiger partial charge is 0.00750 e. The van der Waals surface area contributed by atoms with Crippen LogP contribution in [-0.2, 0) is 0 Å². The molecule has 1 heterocycles. The Hall–Kier alpha value is -0.180. The van der Waals surface area contributed by atoms with Gasteiger partial charge in [0.2, 0.25) is 0 Å². The quantitative estimate of drug-likeness (QED) is 0.825. The fourth-order valence-electron chi connectivity index (χ4n) is 2.01. The topological polar surface area (TPSA) is 12.0 Å². The molecule has 1 atom stereocenters. The molecule has 1 aromatic carbocycles. The molecule has 2 rings (SSSR count). The van der Waals surface area contributed by atoms with E-state index in [4.69, 9.17) is 0 Å². The van der Waals surface area contributed by atoms with E-state index in [1.807, 2.05) is 11.8 Å². The van der Waals surface area contributed by atoms with E-state index < -0.39 is 0 Å². The third kappa shape index (κ3) is 4.77. The van der Waals surface area contributed by atoms with Gasteiger partial charge in [0, 0.05) is 10.9 Å². The van der Waals surface area contributed by atoms with Crippen LogP contribution in [0.15, 0.2) is 35.2 Å². The van der Waals surface area contributed by atoms with Crippen molar-refractivity contribution in [2.24, 2.45) is 0 Å². The van der Waals surface area contributed by atoms with Gasteiger partial charge in [0.25, 0.3) is 0 Å². The molecular weight excluding hydrogens is 238 g/mol. The number of nitrogens with one attached hydrogen (secondary N) is 1. The minimum absolute atomic E-state index is 0. The summed E-state index contributed by atoms with van der Waals surface area (Å²) in [6.45, 7) is 1.22. The second-order valence-corrected chi connectivity index (χ2v) is 5.27. The molecule has 1 aromatic rings. The van der Waals surface area contributed by atoms with Crippen molar-refractivity contribution in [2.45, 2.75) is 36.6 Å². The molecule has 0 amide bonds. The van der Waals surface area contributed by atoms with E-state index in [0.717, 1.165) is 6.04 Å². The van der Waals surface area contributed by atoms with Crippen molar-refractivity contribution in [1.29, 1.82) is 0 Å². The van der Waals surface area contributed by atoms with Gasteiger partial charge >= 0.3 is 0 Å². The Labute approximate surface area is 109 Å². The van der Waals surface area contributed by atoms with Gasteiger partial charge in [-0.15, -0.1) is 24.2 Å². The largest absolute Gasteiger partial charge is 0.314 e. The Bertz CT molecular complexity index is 273. The number of piperidine rings is 1.